The molecule has 0 unspecified atom stereocenters. The Hall–Kier alpha value is -3.26. The van der Waals surface area contributed by atoms with Gasteiger partial charge in [0.15, 0.2) is 5.82 Å². The van der Waals surface area contributed by atoms with Crippen LogP contribution in [0.4, 0.5) is 0 Å². The van der Waals surface area contributed by atoms with E-state index in [0.717, 1.165) is 34.4 Å². The van der Waals surface area contributed by atoms with Crippen LogP contribution in [0.25, 0.3) is 10.8 Å². The van der Waals surface area contributed by atoms with E-state index in [-0.39, 0.29) is 17.9 Å². The van der Waals surface area contributed by atoms with Gasteiger partial charge in [-0.15, -0.1) is 10.2 Å². The lowest BCUT2D eigenvalue weighted by Gasteiger charge is -2.23. The van der Waals surface area contributed by atoms with Crippen molar-refractivity contribution in [2.75, 3.05) is 33.7 Å². The van der Waals surface area contributed by atoms with E-state index in [2.05, 4.69) is 33.9 Å². The number of aromatic nitrogens is 3. The van der Waals surface area contributed by atoms with Crippen LogP contribution in [0.1, 0.15) is 48.3 Å². The molecule has 1 aliphatic rings. The highest BCUT2D eigenvalue weighted by atomic mass is 16.2. The summed E-state index contributed by atoms with van der Waals surface area (Å²) in [5.74, 6) is 2.02. The van der Waals surface area contributed by atoms with Crippen molar-refractivity contribution < 1.29 is 9.59 Å². The SMILES string of the molecule is CC(C)C[C@@H](NC(=O)CN(C)C)c1nnc2n1CCN(C(=O)c1cccc3ccccc13)CC2. The fraction of sp³-hybridized carbons (Fsp3) is 0.462. The summed E-state index contributed by atoms with van der Waals surface area (Å²) in [7, 11) is 3.75. The predicted octanol–water partition coefficient (Wildman–Crippen LogP) is 2.89. The van der Waals surface area contributed by atoms with Crippen LogP contribution >= 0.6 is 0 Å². The van der Waals surface area contributed by atoms with Gasteiger partial charge in [-0.25, -0.2) is 0 Å². The van der Waals surface area contributed by atoms with Crippen LogP contribution in [0.15, 0.2) is 42.5 Å². The third-order valence-corrected chi connectivity index (χ3v) is 6.18. The molecule has 0 aliphatic carbocycles. The fourth-order valence-electron chi connectivity index (χ4n) is 4.62. The number of carbonyl (C=O) groups excluding carboxylic acids is 2. The van der Waals surface area contributed by atoms with Gasteiger partial charge >= 0.3 is 0 Å². The molecule has 0 bridgehead atoms. The van der Waals surface area contributed by atoms with Gasteiger partial charge in [-0.2, -0.15) is 0 Å². The number of rotatable bonds is 7. The molecule has 8 nitrogen and oxygen atoms in total. The van der Waals surface area contributed by atoms with E-state index in [9.17, 15) is 9.59 Å². The molecule has 1 aliphatic heterocycles. The summed E-state index contributed by atoms with van der Waals surface area (Å²) in [6.45, 7) is 6.35. The van der Waals surface area contributed by atoms with Crippen LogP contribution in [0.5, 0.6) is 0 Å². The zero-order valence-corrected chi connectivity index (χ0v) is 20.5. The summed E-state index contributed by atoms with van der Waals surface area (Å²) in [5, 5.41) is 14.1. The van der Waals surface area contributed by atoms with Crippen LogP contribution in [0.3, 0.4) is 0 Å². The summed E-state index contributed by atoms with van der Waals surface area (Å²) >= 11 is 0. The zero-order valence-electron chi connectivity index (χ0n) is 20.5. The second-order valence-corrected chi connectivity index (χ2v) is 9.68. The van der Waals surface area contributed by atoms with E-state index < -0.39 is 0 Å². The minimum atomic E-state index is -0.214. The Kier molecular flexibility index (Phi) is 7.26. The maximum absolute atomic E-state index is 13.5. The summed E-state index contributed by atoms with van der Waals surface area (Å²) in [6.07, 6.45) is 1.40. The Balaban J connectivity index is 1.54. The first kappa shape index (κ1) is 23.9. The van der Waals surface area contributed by atoms with Crippen molar-refractivity contribution in [3.8, 4) is 0 Å². The van der Waals surface area contributed by atoms with Crippen LogP contribution in [0, 0.1) is 5.92 Å². The van der Waals surface area contributed by atoms with Crippen molar-refractivity contribution in [3.63, 3.8) is 0 Å². The molecule has 0 fully saturated rings. The van der Waals surface area contributed by atoms with E-state index in [1.165, 1.54) is 0 Å². The van der Waals surface area contributed by atoms with Crippen molar-refractivity contribution >= 4 is 22.6 Å². The number of carbonyl (C=O) groups is 2. The third-order valence-electron chi connectivity index (χ3n) is 6.18. The Morgan fingerprint density at radius 3 is 2.56 bits per heavy atom. The molecule has 0 saturated carbocycles. The second kappa shape index (κ2) is 10.3. The van der Waals surface area contributed by atoms with Gasteiger partial charge in [-0.05, 0) is 43.3 Å². The first-order valence-electron chi connectivity index (χ1n) is 12.0. The molecule has 2 heterocycles. The van der Waals surface area contributed by atoms with E-state index in [0.29, 0.717) is 38.5 Å². The summed E-state index contributed by atoms with van der Waals surface area (Å²) < 4.78 is 2.10. The topological polar surface area (TPSA) is 83.4 Å². The van der Waals surface area contributed by atoms with Crippen LogP contribution in [-0.2, 0) is 17.8 Å². The molecule has 34 heavy (non-hydrogen) atoms. The minimum absolute atomic E-state index is 0.0330. The normalized spacial score (nSPS) is 14.8. The average molecular weight is 463 g/mol. The number of amides is 2. The molecule has 2 aromatic carbocycles. The standard InChI is InChI=1S/C26H34N6O2/c1-18(2)16-22(27-24(33)17-30(3)4)25-29-28-23-12-13-31(14-15-32(23)25)26(34)21-11-7-9-19-8-5-6-10-20(19)21/h5-11,18,22H,12-17H2,1-4H3,(H,27,33)/t22-/m1/s1. The van der Waals surface area contributed by atoms with Crippen LogP contribution in [0.2, 0.25) is 0 Å². The summed E-state index contributed by atoms with van der Waals surface area (Å²) in [5.41, 5.74) is 0.727. The van der Waals surface area contributed by atoms with Gasteiger partial charge in [0, 0.05) is 31.6 Å². The number of likely N-dealkylation sites (N-methyl/N-ethyl adjacent to an activating group) is 1. The molecule has 8 heteroatoms. The van der Waals surface area contributed by atoms with E-state index in [1.54, 1.807) is 0 Å². The van der Waals surface area contributed by atoms with Crippen LogP contribution in [-0.4, -0.2) is 70.1 Å². The molecule has 0 radical (unpaired) electrons. The highest BCUT2D eigenvalue weighted by Gasteiger charge is 2.28. The Morgan fingerprint density at radius 2 is 1.79 bits per heavy atom. The van der Waals surface area contributed by atoms with Crippen molar-refractivity contribution in [3.05, 3.63) is 59.7 Å². The van der Waals surface area contributed by atoms with Crippen LogP contribution < -0.4 is 5.32 Å². The molecule has 1 aromatic heterocycles. The lowest BCUT2D eigenvalue weighted by molar-refractivity contribution is -0.122. The monoisotopic (exact) mass is 462 g/mol. The van der Waals surface area contributed by atoms with Crippen molar-refractivity contribution in [2.24, 2.45) is 5.92 Å². The van der Waals surface area contributed by atoms with E-state index >= 15 is 0 Å². The van der Waals surface area contributed by atoms with Crippen molar-refractivity contribution in [1.29, 1.82) is 0 Å². The zero-order chi connectivity index (χ0) is 24.2. The number of hydrogen-bond donors (Lipinski definition) is 1. The van der Waals surface area contributed by atoms with Gasteiger partial charge in [-0.1, -0.05) is 50.2 Å². The molecule has 180 valence electrons. The molecule has 2 amide bonds. The molecule has 1 atom stereocenters. The summed E-state index contributed by atoms with van der Waals surface area (Å²) in [4.78, 5) is 29.7. The number of benzene rings is 2. The average Bonchev–Trinajstić information content (AvgIpc) is 3.08. The van der Waals surface area contributed by atoms with Gasteiger partial charge in [0.25, 0.3) is 5.91 Å². The lowest BCUT2D eigenvalue weighted by Crippen LogP contribution is -2.38. The Labute approximate surface area is 200 Å². The molecular weight excluding hydrogens is 428 g/mol. The minimum Gasteiger partial charge on any atom is -0.345 e. The second-order valence-electron chi connectivity index (χ2n) is 9.68. The molecule has 3 aromatic rings. The first-order valence-corrected chi connectivity index (χ1v) is 12.0. The Morgan fingerprint density at radius 1 is 1.03 bits per heavy atom. The molecule has 0 saturated heterocycles. The maximum Gasteiger partial charge on any atom is 0.254 e. The van der Waals surface area contributed by atoms with Gasteiger partial charge in [-0.3, -0.25) is 9.59 Å². The van der Waals surface area contributed by atoms with Gasteiger partial charge in [0.1, 0.15) is 5.82 Å². The molecule has 4 rings (SSSR count). The smallest absolute Gasteiger partial charge is 0.254 e. The van der Waals surface area contributed by atoms with Crippen molar-refractivity contribution in [2.45, 2.75) is 39.3 Å². The number of nitrogens with one attached hydrogen (secondary N) is 1. The summed E-state index contributed by atoms with van der Waals surface area (Å²) in [6, 6.07) is 13.6. The first-order chi connectivity index (χ1) is 16.3. The third kappa shape index (κ3) is 5.28. The quantitative estimate of drug-likeness (QED) is 0.584. The number of hydrogen-bond acceptors (Lipinski definition) is 5. The number of nitrogens with zero attached hydrogens (tertiary/aromatic N) is 5. The molecule has 0 spiro atoms. The molecular formula is C26H34N6O2. The lowest BCUT2D eigenvalue weighted by atomic mass is 10.0. The predicted molar refractivity (Wildman–Crippen MR) is 132 cm³/mol. The largest absolute Gasteiger partial charge is 0.345 e. The fourth-order valence-corrected chi connectivity index (χ4v) is 4.62. The number of fused-ring (bicyclic) bond motifs is 2. The van der Waals surface area contributed by atoms with E-state index in [1.807, 2.05) is 66.4 Å². The van der Waals surface area contributed by atoms with Crippen molar-refractivity contribution in [1.82, 2.24) is 29.9 Å². The molecule has 1 N–H and O–H groups in total. The van der Waals surface area contributed by atoms with E-state index in [4.69, 9.17) is 0 Å². The Bertz CT molecular complexity index is 1160. The highest BCUT2D eigenvalue weighted by molar-refractivity contribution is 6.07. The van der Waals surface area contributed by atoms with Gasteiger partial charge in [0.2, 0.25) is 5.91 Å². The van der Waals surface area contributed by atoms with Gasteiger partial charge < -0.3 is 19.7 Å². The van der Waals surface area contributed by atoms with Gasteiger partial charge in [0.05, 0.1) is 12.6 Å². The maximum atomic E-state index is 13.5. The highest BCUT2D eigenvalue weighted by Crippen LogP contribution is 2.24.